The van der Waals surface area contributed by atoms with Crippen molar-refractivity contribution in [1.82, 2.24) is 0 Å². The van der Waals surface area contributed by atoms with E-state index in [4.69, 9.17) is 14.2 Å². The average Bonchev–Trinajstić information content (AvgIpc) is 2.35. The second-order valence-corrected chi connectivity index (χ2v) is 5.36. The number of ether oxygens (including phenoxy) is 3. The van der Waals surface area contributed by atoms with Crippen molar-refractivity contribution < 1.29 is 14.2 Å². The summed E-state index contributed by atoms with van der Waals surface area (Å²) in [6.07, 6.45) is 8.43. The van der Waals surface area contributed by atoms with Crippen molar-refractivity contribution in [3.63, 3.8) is 0 Å². The molecule has 0 heterocycles. The second-order valence-electron chi connectivity index (χ2n) is 5.36. The summed E-state index contributed by atoms with van der Waals surface area (Å²) >= 11 is 0. The molecule has 0 aliphatic heterocycles. The van der Waals surface area contributed by atoms with E-state index in [1.807, 2.05) is 6.92 Å². The molecule has 0 saturated carbocycles. The van der Waals surface area contributed by atoms with Crippen molar-refractivity contribution in [1.29, 1.82) is 0 Å². The Bertz CT molecular complexity index is 236. The van der Waals surface area contributed by atoms with Gasteiger partial charge >= 0.3 is 0 Å². The van der Waals surface area contributed by atoms with Gasteiger partial charge in [-0.1, -0.05) is 13.2 Å². The number of rotatable bonds is 13. The lowest BCUT2D eigenvalue weighted by molar-refractivity contribution is -0.0299. The minimum atomic E-state index is -0.0588. The molecule has 0 radical (unpaired) electrons. The van der Waals surface area contributed by atoms with E-state index in [1.54, 1.807) is 0 Å². The summed E-state index contributed by atoms with van der Waals surface area (Å²) < 4.78 is 16.3. The third kappa shape index (κ3) is 11.8. The highest BCUT2D eigenvalue weighted by Gasteiger charge is 2.17. The summed E-state index contributed by atoms with van der Waals surface area (Å²) in [6, 6.07) is 0. The first-order chi connectivity index (χ1) is 9.02. The zero-order valence-corrected chi connectivity index (χ0v) is 12.8. The van der Waals surface area contributed by atoms with Crippen LogP contribution >= 0.6 is 0 Å². The van der Waals surface area contributed by atoms with Gasteiger partial charge in [0.2, 0.25) is 0 Å². The SMILES string of the molecule is C=COCCCCC(C)(C)OCCCC(C)OC=C. The minimum Gasteiger partial charge on any atom is -0.502 e. The first kappa shape index (κ1) is 18.0. The fraction of sp³-hybridized carbons (Fsp3) is 0.750. The fourth-order valence-electron chi connectivity index (χ4n) is 1.84. The van der Waals surface area contributed by atoms with Crippen molar-refractivity contribution in [2.75, 3.05) is 13.2 Å². The summed E-state index contributed by atoms with van der Waals surface area (Å²) in [4.78, 5) is 0. The molecule has 0 aliphatic carbocycles. The molecule has 112 valence electrons. The number of hydrogen-bond acceptors (Lipinski definition) is 3. The maximum Gasteiger partial charge on any atom is 0.0950 e. The zero-order valence-electron chi connectivity index (χ0n) is 12.8. The van der Waals surface area contributed by atoms with Crippen LogP contribution in [0, 0.1) is 0 Å². The summed E-state index contributed by atoms with van der Waals surface area (Å²) in [6.45, 7) is 14.9. The molecule has 0 aromatic rings. The Kier molecular flexibility index (Phi) is 10.4. The molecule has 3 heteroatoms. The van der Waals surface area contributed by atoms with Gasteiger partial charge < -0.3 is 14.2 Å². The van der Waals surface area contributed by atoms with Gasteiger partial charge in [-0.15, -0.1) is 0 Å². The molecular weight excluding hydrogens is 240 g/mol. The first-order valence-corrected chi connectivity index (χ1v) is 7.14. The van der Waals surface area contributed by atoms with Crippen LogP contribution in [-0.2, 0) is 14.2 Å². The van der Waals surface area contributed by atoms with E-state index in [1.165, 1.54) is 12.5 Å². The van der Waals surface area contributed by atoms with E-state index in [2.05, 4.69) is 27.0 Å². The summed E-state index contributed by atoms with van der Waals surface area (Å²) in [5, 5.41) is 0. The van der Waals surface area contributed by atoms with Crippen LogP contribution < -0.4 is 0 Å². The smallest absolute Gasteiger partial charge is 0.0950 e. The standard InChI is InChI=1S/C16H30O3/c1-6-17-13-9-8-12-16(4,5)19-14-10-11-15(3)18-7-2/h6-7,15H,1-2,8-14H2,3-5H3. The molecular formula is C16H30O3. The third-order valence-corrected chi connectivity index (χ3v) is 2.99. The van der Waals surface area contributed by atoms with Crippen molar-refractivity contribution in [2.24, 2.45) is 0 Å². The lowest BCUT2D eigenvalue weighted by atomic mass is 10.0. The van der Waals surface area contributed by atoms with E-state index in [-0.39, 0.29) is 11.7 Å². The van der Waals surface area contributed by atoms with Gasteiger partial charge in [0.05, 0.1) is 30.8 Å². The van der Waals surface area contributed by atoms with Crippen LogP contribution in [0.3, 0.4) is 0 Å². The summed E-state index contributed by atoms with van der Waals surface area (Å²) in [5.74, 6) is 0. The van der Waals surface area contributed by atoms with Gasteiger partial charge in [0.25, 0.3) is 0 Å². The molecule has 0 spiro atoms. The lowest BCUT2D eigenvalue weighted by Gasteiger charge is -2.25. The van der Waals surface area contributed by atoms with Crippen LogP contribution in [0.2, 0.25) is 0 Å². The van der Waals surface area contributed by atoms with Crippen molar-refractivity contribution in [2.45, 2.75) is 64.6 Å². The van der Waals surface area contributed by atoms with Gasteiger partial charge in [-0.2, -0.15) is 0 Å². The summed E-state index contributed by atoms with van der Waals surface area (Å²) in [7, 11) is 0. The second kappa shape index (κ2) is 10.9. The molecule has 0 N–H and O–H groups in total. The molecule has 0 rings (SSSR count). The Morgan fingerprint density at radius 3 is 2.42 bits per heavy atom. The van der Waals surface area contributed by atoms with Crippen LogP contribution in [0.15, 0.2) is 25.7 Å². The molecule has 0 saturated heterocycles. The Morgan fingerprint density at radius 2 is 1.79 bits per heavy atom. The average molecular weight is 270 g/mol. The topological polar surface area (TPSA) is 27.7 Å². The predicted octanol–water partition coefficient (Wildman–Crippen LogP) is 4.44. The molecule has 0 amide bonds. The van der Waals surface area contributed by atoms with Crippen LogP contribution in [0.1, 0.15) is 52.9 Å². The molecule has 0 aromatic carbocycles. The van der Waals surface area contributed by atoms with Gasteiger partial charge in [0, 0.05) is 6.61 Å². The van der Waals surface area contributed by atoms with Gasteiger partial charge in [-0.25, -0.2) is 0 Å². The fourth-order valence-corrected chi connectivity index (χ4v) is 1.84. The minimum absolute atomic E-state index is 0.0588. The molecule has 1 unspecified atom stereocenters. The van der Waals surface area contributed by atoms with Gasteiger partial charge in [-0.05, 0) is 52.9 Å². The molecule has 19 heavy (non-hydrogen) atoms. The van der Waals surface area contributed by atoms with Gasteiger partial charge in [0.15, 0.2) is 0 Å². The lowest BCUT2D eigenvalue weighted by Crippen LogP contribution is -2.25. The van der Waals surface area contributed by atoms with Crippen molar-refractivity contribution >= 4 is 0 Å². The third-order valence-electron chi connectivity index (χ3n) is 2.99. The van der Waals surface area contributed by atoms with Gasteiger partial charge in [-0.3, -0.25) is 0 Å². The van der Waals surface area contributed by atoms with E-state index in [0.717, 1.165) is 45.3 Å². The quantitative estimate of drug-likeness (QED) is 0.366. The Balaban J connectivity index is 3.55. The highest BCUT2D eigenvalue weighted by atomic mass is 16.5. The largest absolute Gasteiger partial charge is 0.502 e. The van der Waals surface area contributed by atoms with Crippen LogP contribution in [-0.4, -0.2) is 24.9 Å². The zero-order chi connectivity index (χ0) is 14.6. The Labute approximate surface area is 118 Å². The molecule has 0 bridgehead atoms. The van der Waals surface area contributed by atoms with Crippen molar-refractivity contribution in [3.8, 4) is 0 Å². The van der Waals surface area contributed by atoms with E-state index >= 15 is 0 Å². The predicted molar refractivity (Wildman–Crippen MR) is 80.0 cm³/mol. The number of hydrogen-bond donors (Lipinski definition) is 0. The van der Waals surface area contributed by atoms with E-state index in [9.17, 15) is 0 Å². The van der Waals surface area contributed by atoms with E-state index in [0.29, 0.717) is 0 Å². The Hall–Kier alpha value is -0.960. The highest BCUT2D eigenvalue weighted by Crippen LogP contribution is 2.18. The molecule has 0 fully saturated rings. The van der Waals surface area contributed by atoms with E-state index < -0.39 is 0 Å². The highest BCUT2D eigenvalue weighted by molar-refractivity contribution is 4.69. The Morgan fingerprint density at radius 1 is 1.05 bits per heavy atom. The number of unbranched alkanes of at least 4 members (excludes halogenated alkanes) is 1. The molecule has 0 aromatic heterocycles. The van der Waals surface area contributed by atoms with Crippen LogP contribution in [0.25, 0.3) is 0 Å². The monoisotopic (exact) mass is 270 g/mol. The van der Waals surface area contributed by atoms with Crippen LogP contribution in [0.5, 0.6) is 0 Å². The molecule has 1 atom stereocenters. The molecule has 3 nitrogen and oxygen atoms in total. The maximum absolute atomic E-state index is 5.92. The van der Waals surface area contributed by atoms with Crippen LogP contribution in [0.4, 0.5) is 0 Å². The molecule has 0 aliphatic rings. The first-order valence-electron chi connectivity index (χ1n) is 7.14. The maximum atomic E-state index is 5.92. The normalized spacial score (nSPS) is 12.8. The van der Waals surface area contributed by atoms with Gasteiger partial charge in [0.1, 0.15) is 0 Å². The van der Waals surface area contributed by atoms with Crippen molar-refractivity contribution in [3.05, 3.63) is 25.7 Å². The summed E-state index contributed by atoms with van der Waals surface area (Å²) in [5.41, 5.74) is -0.0588.